The Morgan fingerprint density at radius 1 is 1.41 bits per heavy atom. The molecule has 0 aliphatic rings. The number of ether oxygens (including phenoxy) is 1. The van der Waals surface area contributed by atoms with E-state index >= 15 is 0 Å². The highest BCUT2D eigenvalue weighted by Crippen LogP contribution is 2.19. The van der Waals surface area contributed by atoms with Gasteiger partial charge in [-0.3, -0.25) is 9.59 Å². The quantitative estimate of drug-likeness (QED) is 0.843. The van der Waals surface area contributed by atoms with Crippen molar-refractivity contribution in [3.8, 4) is 5.75 Å². The molecule has 2 rings (SSSR count). The predicted octanol–water partition coefficient (Wildman–Crippen LogP) is 1.66. The first-order valence-corrected chi connectivity index (χ1v) is 6.78. The Labute approximate surface area is 127 Å². The minimum atomic E-state index is -0.571. The molecule has 0 unspecified atom stereocenters. The van der Waals surface area contributed by atoms with Crippen molar-refractivity contribution in [1.29, 1.82) is 0 Å². The minimum Gasteiger partial charge on any atom is -0.484 e. The fourth-order valence-corrected chi connectivity index (χ4v) is 1.82. The molecule has 0 bridgehead atoms. The molecular formula is C15H17N3O4. The molecule has 22 heavy (non-hydrogen) atoms. The van der Waals surface area contributed by atoms with Gasteiger partial charge in [0, 0.05) is 18.2 Å². The van der Waals surface area contributed by atoms with Gasteiger partial charge >= 0.3 is 0 Å². The maximum absolute atomic E-state index is 12.2. The number of carbonyl (C=O) groups is 2. The summed E-state index contributed by atoms with van der Waals surface area (Å²) in [6, 6.07) is 6.64. The summed E-state index contributed by atoms with van der Waals surface area (Å²) in [5.74, 6) is 0.164. The van der Waals surface area contributed by atoms with Crippen LogP contribution in [-0.4, -0.2) is 23.4 Å². The second kappa shape index (κ2) is 6.75. The minimum absolute atomic E-state index is 0.181. The number of nitrogens with zero attached hydrogens (tertiary/aromatic N) is 1. The highest BCUT2D eigenvalue weighted by atomic mass is 16.5. The summed E-state index contributed by atoms with van der Waals surface area (Å²) in [5, 5.41) is 2.70. The SMILES string of the molecule is CCc1nc(C)c(C(=O)Nc2cccc(OCC(N)=O)c2)o1. The fraction of sp³-hybridized carbons (Fsp3) is 0.267. The van der Waals surface area contributed by atoms with Crippen molar-refractivity contribution in [3.05, 3.63) is 41.6 Å². The molecule has 0 atom stereocenters. The number of carbonyl (C=O) groups excluding carboxylic acids is 2. The number of aryl methyl sites for hydroxylation is 2. The maximum Gasteiger partial charge on any atom is 0.293 e. The summed E-state index contributed by atoms with van der Waals surface area (Å²) >= 11 is 0. The number of nitrogens with one attached hydrogen (secondary N) is 1. The number of oxazole rings is 1. The van der Waals surface area contributed by atoms with Crippen LogP contribution >= 0.6 is 0 Å². The summed E-state index contributed by atoms with van der Waals surface area (Å²) in [4.78, 5) is 27.0. The summed E-state index contributed by atoms with van der Waals surface area (Å²) in [6.07, 6.45) is 0.616. The van der Waals surface area contributed by atoms with E-state index in [1.54, 1.807) is 31.2 Å². The molecular weight excluding hydrogens is 286 g/mol. The highest BCUT2D eigenvalue weighted by Gasteiger charge is 2.17. The first-order valence-electron chi connectivity index (χ1n) is 6.78. The third kappa shape index (κ3) is 3.85. The molecule has 0 saturated heterocycles. The zero-order valence-electron chi connectivity index (χ0n) is 12.4. The number of nitrogens with two attached hydrogens (primary N) is 1. The van der Waals surface area contributed by atoms with Crippen molar-refractivity contribution in [1.82, 2.24) is 4.98 Å². The Hall–Kier alpha value is -2.83. The standard InChI is InChI=1S/C15H17N3O4/c1-3-13-17-9(2)14(22-13)15(20)18-10-5-4-6-11(7-10)21-8-12(16)19/h4-7H,3,8H2,1-2H3,(H2,16,19)(H,18,20). The van der Waals surface area contributed by atoms with E-state index in [-0.39, 0.29) is 12.4 Å². The lowest BCUT2D eigenvalue weighted by Gasteiger charge is -2.07. The van der Waals surface area contributed by atoms with Crippen LogP contribution in [0, 0.1) is 6.92 Å². The molecule has 0 radical (unpaired) electrons. The van der Waals surface area contributed by atoms with Crippen LogP contribution in [0.25, 0.3) is 0 Å². The van der Waals surface area contributed by atoms with Gasteiger partial charge in [-0.1, -0.05) is 13.0 Å². The van der Waals surface area contributed by atoms with Gasteiger partial charge in [-0.15, -0.1) is 0 Å². The van der Waals surface area contributed by atoms with E-state index in [1.165, 1.54) is 0 Å². The van der Waals surface area contributed by atoms with E-state index in [1.807, 2.05) is 6.92 Å². The van der Waals surface area contributed by atoms with E-state index < -0.39 is 11.8 Å². The molecule has 0 aliphatic heterocycles. The summed E-state index contributed by atoms with van der Waals surface area (Å²) < 4.78 is 10.6. The van der Waals surface area contributed by atoms with Gasteiger partial charge in [0.05, 0.1) is 5.69 Å². The molecule has 0 fully saturated rings. The van der Waals surface area contributed by atoms with Gasteiger partial charge in [0.1, 0.15) is 5.75 Å². The summed E-state index contributed by atoms with van der Waals surface area (Å²) in [7, 11) is 0. The molecule has 7 heteroatoms. The van der Waals surface area contributed by atoms with E-state index in [4.69, 9.17) is 14.9 Å². The van der Waals surface area contributed by atoms with Crippen LogP contribution in [-0.2, 0) is 11.2 Å². The van der Waals surface area contributed by atoms with Gasteiger partial charge in [-0.05, 0) is 19.1 Å². The molecule has 3 N–H and O–H groups in total. The average molecular weight is 303 g/mol. The lowest BCUT2D eigenvalue weighted by Crippen LogP contribution is -2.20. The molecule has 7 nitrogen and oxygen atoms in total. The Morgan fingerprint density at radius 2 is 2.18 bits per heavy atom. The Kier molecular flexibility index (Phi) is 4.77. The Bertz CT molecular complexity index is 694. The fourth-order valence-electron chi connectivity index (χ4n) is 1.82. The van der Waals surface area contributed by atoms with Crippen molar-refractivity contribution in [2.75, 3.05) is 11.9 Å². The number of amides is 2. The molecule has 0 aliphatic carbocycles. The topological polar surface area (TPSA) is 107 Å². The van der Waals surface area contributed by atoms with E-state index in [0.29, 0.717) is 29.4 Å². The normalized spacial score (nSPS) is 10.3. The Morgan fingerprint density at radius 3 is 2.82 bits per heavy atom. The average Bonchev–Trinajstić information content (AvgIpc) is 2.87. The van der Waals surface area contributed by atoms with Gasteiger partial charge in [0.25, 0.3) is 11.8 Å². The number of anilines is 1. The molecule has 2 aromatic rings. The smallest absolute Gasteiger partial charge is 0.293 e. The highest BCUT2D eigenvalue weighted by molar-refractivity contribution is 6.03. The maximum atomic E-state index is 12.2. The van der Waals surface area contributed by atoms with Crippen LogP contribution in [0.15, 0.2) is 28.7 Å². The van der Waals surface area contributed by atoms with Crippen LogP contribution in [0.5, 0.6) is 5.75 Å². The molecule has 2 amide bonds. The van der Waals surface area contributed by atoms with E-state index in [2.05, 4.69) is 10.3 Å². The van der Waals surface area contributed by atoms with Crippen molar-refractivity contribution >= 4 is 17.5 Å². The Balaban J connectivity index is 2.09. The molecule has 0 spiro atoms. The van der Waals surface area contributed by atoms with Gasteiger partial charge in [0.15, 0.2) is 12.5 Å². The number of hydrogen-bond donors (Lipinski definition) is 2. The van der Waals surface area contributed by atoms with Gasteiger partial charge in [-0.2, -0.15) is 0 Å². The predicted molar refractivity (Wildman–Crippen MR) is 79.7 cm³/mol. The monoisotopic (exact) mass is 303 g/mol. The lowest BCUT2D eigenvalue weighted by molar-refractivity contribution is -0.119. The number of hydrogen-bond acceptors (Lipinski definition) is 5. The van der Waals surface area contributed by atoms with E-state index in [9.17, 15) is 9.59 Å². The third-order valence-corrected chi connectivity index (χ3v) is 2.82. The number of benzene rings is 1. The summed E-state index contributed by atoms with van der Waals surface area (Å²) in [5.41, 5.74) is 6.07. The zero-order valence-corrected chi connectivity index (χ0v) is 12.4. The number of rotatable bonds is 6. The van der Waals surface area contributed by atoms with Crippen LogP contribution < -0.4 is 15.8 Å². The molecule has 0 saturated carbocycles. The first-order chi connectivity index (χ1) is 10.5. The largest absolute Gasteiger partial charge is 0.484 e. The molecule has 1 aromatic carbocycles. The van der Waals surface area contributed by atoms with Gasteiger partial charge in [0.2, 0.25) is 5.76 Å². The van der Waals surface area contributed by atoms with Crippen LogP contribution in [0.4, 0.5) is 5.69 Å². The van der Waals surface area contributed by atoms with Crippen molar-refractivity contribution in [2.45, 2.75) is 20.3 Å². The first kappa shape index (κ1) is 15.6. The van der Waals surface area contributed by atoms with Gasteiger partial charge in [-0.25, -0.2) is 4.98 Å². The van der Waals surface area contributed by atoms with Crippen LogP contribution in [0.3, 0.4) is 0 Å². The number of primary amides is 1. The second-order valence-electron chi connectivity index (χ2n) is 4.61. The molecule has 1 heterocycles. The zero-order chi connectivity index (χ0) is 16.1. The lowest BCUT2D eigenvalue weighted by atomic mass is 10.3. The van der Waals surface area contributed by atoms with E-state index in [0.717, 1.165) is 0 Å². The van der Waals surface area contributed by atoms with Crippen molar-refractivity contribution in [3.63, 3.8) is 0 Å². The number of aromatic nitrogens is 1. The summed E-state index contributed by atoms with van der Waals surface area (Å²) in [6.45, 7) is 3.38. The van der Waals surface area contributed by atoms with Gasteiger partial charge < -0.3 is 20.2 Å². The van der Waals surface area contributed by atoms with Crippen LogP contribution in [0.1, 0.15) is 29.1 Å². The van der Waals surface area contributed by atoms with Crippen LogP contribution in [0.2, 0.25) is 0 Å². The van der Waals surface area contributed by atoms with Crippen molar-refractivity contribution < 1.29 is 18.7 Å². The molecule has 1 aromatic heterocycles. The second-order valence-corrected chi connectivity index (χ2v) is 4.61. The third-order valence-electron chi connectivity index (χ3n) is 2.82. The van der Waals surface area contributed by atoms with Crippen molar-refractivity contribution in [2.24, 2.45) is 5.73 Å². The molecule has 116 valence electrons.